The Balaban J connectivity index is 1.54. The first-order chi connectivity index (χ1) is 10.8. The van der Waals surface area contributed by atoms with Crippen molar-refractivity contribution < 1.29 is 9.47 Å². The molecule has 122 valence electrons. The molecule has 0 aliphatic carbocycles. The number of hydrogen-bond donors (Lipinski definition) is 1. The maximum Gasteiger partial charge on any atom is 0.125 e. The lowest BCUT2D eigenvalue weighted by molar-refractivity contribution is 0.0374. The standard InChI is InChI=1S/C16H26N4O2/c17-16-13-15(20-6-10-22-11-7-20)12-14(18-16)2-1-3-19-4-8-21-9-5-19/h12-13H,1-11H2,(H2,17,18). The number of nitrogens with zero attached hydrogens (tertiary/aromatic N) is 3. The first-order valence-electron chi connectivity index (χ1n) is 8.20. The van der Waals surface area contributed by atoms with Crippen LogP contribution in [0.1, 0.15) is 12.1 Å². The summed E-state index contributed by atoms with van der Waals surface area (Å²) in [4.78, 5) is 9.27. The fraction of sp³-hybridized carbons (Fsp3) is 0.688. The van der Waals surface area contributed by atoms with E-state index >= 15 is 0 Å². The highest BCUT2D eigenvalue weighted by molar-refractivity contribution is 5.54. The Morgan fingerprint density at radius 1 is 1.00 bits per heavy atom. The molecule has 22 heavy (non-hydrogen) atoms. The highest BCUT2D eigenvalue weighted by Gasteiger charge is 2.14. The van der Waals surface area contributed by atoms with Crippen molar-refractivity contribution in [2.24, 2.45) is 0 Å². The Hall–Kier alpha value is -1.37. The number of anilines is 2. The van der Waals surface area contributed by atoms with Crippen LogP contribution in [-0.2, 0) is 15.9 Å². The summed E-state index contributed by atoms with van der Waals surface area (Å²) >= 11 is 0. The van der Waals surface area contributed by atoms with Crippen LogP contribution in [-0.4, -0.2) is 69.0 Å². The van der Waals surface area contributed by atoms with Crippen molar-refractivity contribution >= 4 is 11.5 Å². The average Bonchev–Trinajstić information content (AvgIpc) is 2.56. The van der Waals surface area contributed by atoms with Crippen LogP contribution >= 0.6 is 0 Å². The largest absolute Gasteiger partial charge is 0.384 e. The van der Waals surface area contributed by atoms with Crippen LogP contribution in [0.25, 0.3) is 0 Å². The van der Waals surface area contributed by atoms with Gasteiger partial charge in [0.25, 0.3) is 0 Å². The first kappa shape index (κ1) is 15.5. The van der Waals surface area contributed by atoms with Crippen molar-refractivity contribution in [2.45, 2.75) is 12.8 Å². The summed E-state index contributed by atoms with van der Waals surface area (Å²) < 4.78 is 10.8. The zero-order valence-electron chi connectivity index (χ0n) is 13.2. The molecule has 6 nitrogen and oxygen atoms in total. The molecule has 2 fully saturated rings. The quantitative estimate of drug-likeness (QED) is 0.867. The van der Waals surface area contributed by atoms with E-state index in [9.17, 15) is 0 Å². The summed E-state index contributed by atoms with van der Waals surface area (Å²) in [6.07, 6.45) is 2.08. The third kappa shape index (κ3) is 4.32. The molecular formula is C16H26N4O2. The average molecular weight is 306 g/mol. The number of ether oxygens (including phenoxy) is 2. The normalized spacial score (nSPS) is 20.3. The van der Waals surface area contributed by atoms with E-state index in [-0.39, 0.29) is 0 Å². The highest BCUT2D eigenvalue weighted by atomic mass is 16.5. The van der Waals surface area contributed by atoms with Crippen LogP contribution in [0.2, 0.25) is 0 Å². The molecular weight excluding hydrogens is 280 g/mol. The van der Waals surface area contributed by atoms with Crippen molar-refractivity contribution in [2.75, 3.05) is 69.8 Å². The first-order valence-corrected chi connectivity index (χ1v) is 8.20. The van der Waals surface area contributed by atoms with Gasteiger partial charge in [-0.25, -0.2) is 4.98 Å². The lowest BCUT2D eigenvalue weighted by Gasteiger charge is -2.29. The van der Waals surface area contributed by atoms with E-state index in [2.05, 4.69) is 20.9 Å². The fourth-order valence-electron chi connectivity index (χ4n) is 3.04. The third-order valence-corrected chi connectivity index (χ3v) is 4.27. The minimum Gasteiger partial charge on any atom is -0.384 e. The van der Waals surface area contributed by atoms with E-state index in [1.54, 1.807) is 0 Å². The van der Waals surface area contributed by atoms with Crippen LogP contribution in [0.3, 0.4) is 0 Å². The summed E-state index contributed by atoms with van der Waals surface area (Å²) in [6, 6.07) is 4.15. The maximum absolute atomic E-state index is 5.98. The summed E-state index contributed by atoms with van der Waals surface area (Å²) in [7, 11) is 0. The van der Waals surface area contributed by atoms with E-state index in [1.165, 1.54) is 5.69 Å². The Morgan fingerprint density at radius 2 is 1.68 bits per heavy atom. The molecule has 2 saturated heterocycles. The lowest BCUT2D eigenvalue weighted by atomic mass is 10.1. The molecule has 0 amide bonds. The Morgan fingerprint density at radius 3 is 2.41 bits per heavy atom. The van der Waals surface area contributed by atoms with Crippen LogP contribution in [0.15, 0.2) is 12.1 Å². The molecule has 2 aliphatic heterocycles. The molecule has 2 N–H and O–H groups in total. The molecule has 3 heterocycles. The van der Waals surface area contributed by atoms with Gasteiger partial charge in [0.05, 0.1) is 26.4 Å². The minimum absolute atomic E-state index is 0.616. The fourth-order valence-corrected chi connectivity index (χ4v) is 3.04. The molecule has 0 radical (unpaired) electrons. The number of nitrogen functional groups attached to an aromatic ring is 1. The molecule has 0 spiro atoms. The van der Waals surface area contributed by atoms with Crippen molar-refractivity contribution in [3.05, 3.63) is 17.8 Å². The van der Waals surface area contributed by atoms with Gasteiger partial charge in [0.2, 0.25) is 0 Å². The second kappa shape index (κ2) is 7.76. The van der Waals surface area contributed by atoms with E-state index in [0.29, 0.717) is 5.82 Å². The topological polar surface area (TPSA) is 63.8 Å². The number of aromatic nitrogens is 1. The third-order valence-electron chi connectivity index (χ3n) is 4.27. The molecule has 0 atom stereocenters. The van der Waals surface area contributed by atoms with E-state index in [0.717, 1.165) is 77.7 Å². The molecule has 6 heteroatoms. The minimum atomic E-state index is 0.616. The van der Waals surface area contributed by atoms with Gasteiger partial charge in [-0.3, -0.25) is 4.90 Å². The van der Waals surface area contributed by atoms with Gasteiger partial charge in [0.1, 0.15) is 5.82 Å². The van der Waals surface area contributed by atoms with Gasteiger partial charge in [-0.2, -0.15) is 0 Å². The Kier molecular flexibility index (Phi) is 5.48. The van der Waals surface area contributed by atoms with Crippen molar-refractivity contribution in [3.8, 4) is 0 Å². The molecule has 0 bridgehead atoms. The molecule has 1 aromatic rings. The number of aryl methyl sites for hydroxylation is 1. The Bertz CT molecular complexity index is 471. The van der Waals surface area contributed by atoms with E-state index in [1.807, 2.05) is 6.07 Å². The summed E-state index contributed by atoms with van der Waals surface area (Å²) in [5, 5.41) is 0. The van der Waals surface area contributed by atoms with Gasteiger partial charge in [-0.05, 0) is 25.5 Å². The van der Waals surface area contributed by atoms with Gasteiger partial charge in [-0.1, -0.05) is 0 Å². The van der Waals surface area contributed by atoms with Crippen LogP contribution < -0.4 is 10.6 Å². The molecule has 0 unspecified atom stereocenters. The second-order valence-corrected chi connectivity index (χ2v) is 5.90. The smallest absolute Gasteiger partial charge is 0.125 e. The number of nitrogens with two attached hydrogens (primary N) is 1. The monoisotopic (exact) mass is 306 g/mol. The van der Waals surface area contributed by atoms with Gasteiger partial charge in [0.15, 0.2) is 0 Å². The van der Waals surface area contributed by atoms with Crippen molar-refractivity contribution in [3.63, 3.8) is 0 Å². The summed E-state index contributed by atoms with van der Waals surface area (Å²) in [5.74, 6) is 0.616. The van der Waals surface area contributed by atoms with Gasteiger partial charge in [-0.15, -0.1) is 0 Å². The van der Waals surface area contributed by atoms with Crippen LogP contribution in [0.5, 0.6) is 0 Å². The molecule has 3 rings (SSSR count). The van der Waals surface area contributed by atoms with E-state index in [4.69, 9.17) is 15.2 Å². The van der Waals surface area contributed by atoms with Crippen molar-refractivity contribution in [1.82, 2.24) is 9.88 Å². The van der Waals surface area contributed by atoms with Gasteiger partial charge < -0.3 is 20.1 Å². The van der Waals surface area contributed by atoms with Crippen LogP contribution in [0.4, 0.5) is 11.5 Å². The highest BCUT2D eigenvalue weighted by Crippen LogP contribution is 2.20. The van der Waals surface area contributed by atoms with Gasteiger partial charge in [0, 0.05) is 43.6 Å². The number of rotatable bonds is 5. The molecule has 2 aliphatic rings. The van der Waals surface area contributed by atoms with E-state index < -0.39 is 0 Å². The molecule has 0 saturated carbocycles. The number of hydrogen-bond acceptors (Lipinski definition) is 6. The Labute approximate surface area is 132 Å². The second-order valence-electron chi connectivity index (χ2n) is 5.90. The van der Waals surface area contributed by atoms with Crippen molar-refractivity contribution in [1.29, 1.82) is 0 Å². The van der Waals surface area contributed by atoms with Crippen LogP contribution in [0, 0.1) is 0 Å². The molecule has 1 aromatic heterocycles. The van der Waals surface area contributed by atoms with Gasteiger partial charge >= 0.3 is 0 Å². The maximum atomic E-state index is 5.98. The number of pyridine rings is 1. The zero-order valence-corrected chi connectivity index (χ0v) is 13.2. The lowest BCUT2D eigenvalue weighted by Crippen LogP contribution is -2.37. The summed E-state index contributed by atoms with van der Waals surface area (Å²) in [6.45, 7) is 8.34. The SMILES string of the molecule is Nc1cc(N2CCOCC2)cc(CCCN2CCOCC2)n1. The predicted molar refractivity (Wildman–Crippen MR) is 87.3 cm³/mol. The predicted octanol–water partition coefficient (Wildman–Crippen LogP) is 0.765. The zero-order chi connectivity index (χ0) is 15.2. The number of morpholine rings is 2. The summed E-state index contributed by atoms with van der Waals surface area (Å²) in [5.41, 5.74) is 8.25. The molecule has 0 aromatic carbocycles.